The van der Waals surface area contributed by atoms with Crippen LogP contribution in [0, 0.1) is 0 Å². The van der Waals surface area contributed by atoms with E-state index in [-0.39, 0.29) is 11.4 Å². The van der Waals surface area contributed by atoms with Gasteiger partial charge in [-0.3, -0.25) is 0 Å². The highest BCUT2D eigenvalue weighted by molar-refractivity contribution is 5.89. The van der Waals surface area contributed by atoms with Gasteiger partial charge in [0.25, 0.3) is 0 Å². The predicted octanol–water partition coefficient (Wildman–Crippen LogP) is 4.83. The molecule has 0 aliphatic heterocycles. The lowest BCUT2D eigenvalue weighted by Gasteiger charge is -2.19. The van der Waals surface area contributed by atoms with Crippen molar-refractivity contribution >= 4 is 29.1 Å². The third-order valence-corrected chi connectivity index (χ3v) is 4.23. The van der Waals surface area contributed by atoms with E-state index in [1.54, 1.807) is 31.2 Å². The van der Waals surface area contributed by atoms with Gasteiger partial charge in [0.05, 0.1) is 18.4 Å². The van der Waals surface area contributed by atoms with Crippen LogP contribution in [0.3, 0.4) is 0 Å². The van der Waals surface area contributed by atoms with Gasteiger partial charge in [-0.25, -0.2) is 4.79 Å². The number of hydrogen-bond donors (Lipinski definition) is 2. The molecule has 0 spiro atoms. The maximum Gasteiger partial charge on any atom is 0.338 e. The van der Waals surface area contributed by atoms with E-state index >= 15 is 0 Å². The number of rotatable bonds is 6. The van der Waals surface area contributed by atoms with Crippen molar-refractivity contribution in [3.63, 3.8) is 0 Å². The normalized spacial score (nSPS) is 11.0. The van der Waals surface area contributed by atoms with E-state index in [0.29, 0.717) is 23.9 Å². The molecule has 2 aromatic carbocycles. The summed E-state index contributed by atoms with van der Waals surface area (Å²) in [5.41, 5.74) is 3.52. The van der Waals surface area contributed by atoms with Gasteiger partial charge in [0.15, 0.2) is 5.82 Å². The van der Waals surface area contributed by atoms with Gasteiger partial charge in [-0.05, 0) is 54.3 Å². The van der Waals surface area contributed by atoms with Crippen molar-refractivity contribution in [3.8, 4) is 0 Å². The number of carbonyl (C=O) groups excluding carboxylic acids is 1. The molecule has 3 rings (SSSR count). The van der Waals surface area contributed by atoms with Gasteiger partial charge in [-0.15, -0.1) is 5.10 Å². The van der Waals surface area contributed by atoms with Crippen molar-refractivity contribution in [2.45, 2.75) is 33.1 Å². The van der Waals surface area contributed by atoms with E-state index in [4.69, 9.17) is 4.74 Å². The van der Waals surface area contributed by atoms with Crippen LogP contribution in [0.1, 0.15) is 43.6 Å². The summed E-state index contributed by atoms with van der Waals surface area (Å²) >= 11 is 0. The topological polar surface area (TPSA) is 89.0 Å². The fraction of sp³-hybridized carbons (Fsp3) is 0.273. The fourth-order valence-corrected chi connectivity index (χ4v) is 2.65. The summed E-state index contributed by atoms with van der Waals surface area (Å²) in [5, 5.41) is 14.3. The Labute approximate surface area is 170 Å². The molecule has 0 fully saturated rings. The number of carbonyl (C=O) groups is 1. The fourth-order valence-electron chi connectivity index (χ4n) is 2.65. The summed E-state index contributed by atoms with van der Waals surface area (Å²) in [6.45, 7) is 8.66. The van der Waals surface area contributed by atoms with Gasteiger partial charge in [-0.1, -0.05) is 32.9 Å². The highest BCUT2D eigenvalue weighted by Gasteiger charge is 2.13. The van der Waals surface area contributed by atoms with Crippen LogP contribution >= 0.6 is 0 Å². The predicted molar refractivity (Wildman–Crippen MR) is 114 cm³/mol. The first-order valence-electron chi connectivity index (χ1n) is 9.46. The standard InChI is InChI=1S/C22H25N5O2/c1-5-29-20(28)15-6-10-17(11-7-15)24-19-14-23-27-21(26-19)25-18-12-8-16(9-13-18)22(2,3)4/h6-14H,5H2,1-4H3,(H2,24,25,26,27). The third kappa shape index (κ3) is 5.51. The zero-order chi connectivity index (χ0) is 20.9. The molecule has 1 aromatic heterocycles. The Bertz CT molecular complexity index is 964. The summed E-state index contributed by atoms with van der Waals surface area (Å²) in [6, 6.07) is 15.1. The van der Waals surface area contributed by atoms with E-state index in [9.17, 15) is 4.79 Å². The van der Waals surface area contributed by atoms with Crippen LogP contribution in [0.15, 0.2) is 54.7 Å². The maximum atomic E-state index is 11.7. The molecule has 0 aliphatic carbocycles. The molecule has 0 radical (unpaired) electrons. The molecule has 0 unspecified atom stereocenters. The molecule has 2 N–H and O–H groups in total. The largest absolute Gasteiger partial charge is 0.462 e. The number of nitrogens with zero attached hydrogens (tertiary/aromatic N) is 3. The first-order chi connectivity index (χ1) is 13.8. The maximum absolute atomic E-state index is 11.7. The van der Waals surface area contributed by atoms with Crippen molar-refractivity contribution in [3.05, 3.63) is 65.9 Å². The lowest BCUT2D eigenvalue weighted by molar-refractivity contribution is 0.0526. The van der Waals surface area contributed by atoms with Crippen molar-refractivity contribution < 1.29 is 9.53 Å². The smallest absolute Gasteiger partial charge is 0.338 e. The van der Waals surface area contributed by atoms with E-state index < -0.39 is 0 Å². The summed E-state index contributed by atoms with van der Waals surface area (Å²) in [5.74, 6) is 0.589. The van der Waals surface area contributed by atoms with Crippen molar-refractivity contribution in [2.24, 2.45) is 0 Å². The molecule has 1 heterocycles. The van der Waals surface area contributed by atoms with E-state index in [2.05, 4.69) is 58.7 Å². The monoisotopic (exact) mass is 391 g/mol. The molecule has 3 aromatic rings. The van der Waals surface area contributed by atoms with Crippen LogP contribution in [-0.4, -0.2) is 27.8 Å². The zero-order valence-corrected chi connectivity index (χ0v) is 17.1. The number of anilines is 4. The highest BCUT2D eigenvalue weighted by atomic mass is 16.5. The first kappa shape index (κ1) is 20.3. The zero-order valence-electron chi connectivity index (χ0n) is 17.1. The summed E-state index contributed by atoms with van der Waals surface area (Å²) in [7, 11) is 0. The number of hydrogen-bond acceptors (Lipinski definition) is 7. The van der Waals surface area contributed by atoms with Gasteiger partial charge in [0.2, 0.25) is 5.95 Å². The summed E-state index contributed by atoms with van der Waals surface area (Å²) in [4.78, 5) is 16.2. The highest BCUT2D eigenvalue weighted by Crippen LogP contribution is 2.24. The Morgan fingerprint density at radius 2 is 1.59 bits per heavy atom. The van der Waals surface area contributed by atoms with Gasteiger partial charge in [0, 0.05) is 11.4 Å². The summed E-state index contributed by atoms with van der Waals surface area (Å²) < 4.78 is 4.99. The van der Waals surface area contributed by atoms with Gasteiger partial charge < -0.3 is 15.4 Å². The van der Waals surface area contributed by atoms with Gasteiger partial charge in [0.1, 0.15) is 0 Å². The Hall–Kier alpha value is -3.48. The van der Waals surface area contributed by atoms with Crippen LogP contribution in [0.25, 0.3) is 0 Å². The van der Waals surface area contributed by atoms with Crippen LogP contribution in [0.4, 0.5) is 23.1 Å². The Morgan fingerprint density at radius 1 is 0.966 bits per heavy atom. The Morgan fingerprint density at radius 3 is 2.21 bits per heavy atom. The van der Waals surface area contributed by atoms with Crippen LogP contribution in [0.5, 0.6) is 0 Å². The molecule has 150 valence electrons. The number of nitrogens with one attached hydrogen (secondary N) is 2. The molecule has 0 amide bonds. The number of esters is 1. The van der Waals surface area contributed by atoms with Crippen molar-refractivity contribution in [2.75, 3.05) is 17.2 Å². The molecular formula is C22H25N5O2. The average molecular weight is 391 g/mol. The molecule has 7 nitrogen and oxygen atoms in total. The quantitative estimate of drug-likeness (QED) is 0.582. The van der Waals surface area contributed by atoms with Crippen LogP contribution in [0.2, 0.25) is 0 Å². The molecule has 0 aliphatic rings. The average Bonchev–Trinajstić information content (AvgIpc) is 2.69. The third-order valence-electron chi connectivity index (χ3n) is 4.23. The molecule has 0 saturated heterocycles. The SMILES string of the molecule is CCOC(=O)c1ccc(Nc2cnnc(Nc3ccc(C(C)(C)C)cc3)n2)cc1. The lowest BCUT2D eigenvalue weighted by Crippen LogP contribution is -2.10. The van der Waals surface area contributed by atoms with Crippen molar-refractivity contribution in [1.82, 2.24) is 15.2 Å². The number of ether oxygens (including phenoxy) is 1. The second-order valence-corrected chi connectivity index (χ2v) is 7.54. The summed E-state index contributed by atoms with van der Waals surface area (Å²) in [6.07, 6.45) is 1.53. The lowest BCUT2D eigenvalue weighted by atomic mass is 9.87. The Balaban J connectivity index is 1.67. The van der Waals surface area contributed by atoms with Gasteiger partial charge in [-0.2, -0.15) is 10.1 Å². The molecule has 0 atom stereocenters. The van der Waals surface area contributed by atoms with Crippen LogP contribution in [-0.2, 0) is 10.2 Å². The van der Waals surface area contributed by atoms with E-state index in [1.807, 2.05) is 12.1 Å². The number of aromatic nitrogens is 3. The second kappa shape index (κ2) is 8.68. The molecule has 29 heavy (non-hydrogen) atoms. The minimum absolute atomic E-state index is 0.100. The first-order valence-corrected chi connectivity index (χ1v) is 9.46. The van der Waals surface area contributed by atoms with E-state index in [0.717, 1.165) is 11.4 Å². The molecular weight excluding hydrogens is 366 g/mol. The van der Waals surface area contributed by atoms with Gasteiger partial charge >= 0.3 is 5.97 Å². The van der Waals surface area contributed by atoms with Crippen molar-refractivity contribution in [1.29, 1.82) is 0 Å². The van der Waals surface area contributed by atoms with Crippen LogP contribution < -0.4 is 10.6 Å². The molecule has 0 bridgehead atoms. The molecule has 7 heteroatoms. The number of benzene rings is 2. The molecule has 0 saturated carbocycles. The second-order valence-electron chi connectivity index (χ2n) is 7.54. The Kier molecular flexibility index (Phi) is 6.07. The van der Waals surface area contributed by atoms with E-state index in [1.165, 1.54) is 11.8 Å². The minimum atomic E-state index is -0.341. The minimum Gasteiger partial charge on any atom is -0.462 e.